The first kappa shape index (κ1) is 12.0. The lowest BCUT2D eigenvalue weighted by Gasteiger charge is -2.11. The van der Waals surface area contributed by atoms with E-state index < -0.39 is 10.1 Å². The lowest BCUT2D eigenvalue weighted by molar-refractivity contribution is 0.247. The van der Waals surface area contributed by atoms with E-state index in [1.807, 2.05) is 0 Å². The van der Waals surface area contributed by atoms with E-state index in [4.69, 9.17) is 4.18 Å². The maximum Gasteiger partial charge on any atom is 0.267 e. The van der Waals surface area contributed by atoms with Crippen LogP contribution in [-0.4, -0.2) is 20.3 Å². The summed E-state index contributed by atoms with van der Waals surface area (Å²) in [6.45, 7) is 3.49. The molecule has 3 nitrogen and oxygen atoms in total. The smallest absolute Gasteiger partial charge is 0.267 e. The number of hydrogen-bond acceptors (Lipinski definition) is 3. The van der Waals surface area contributed by atoms with Crippen molar-refractivity contribution in [1.82, 2.24) is 0 Å². The van der Waals surface area contributed by atoms with E-state index in [0.29, 0.717) is 5.92 Å². The molecule has 0 bridgehead atoms. The molecule has 1 rings (SSSR count). The third kappa shape index (κ3) is 4.42. The Morgan fingerprint density at radius 1 is 1.29 bits per heavy atom. The standard InChI is InChI=1S/C10H20O3S/c1-9(2)13-14(11,12)8-7-10-5-3-4-6-10/h9-10H,3-8H2,1-2H3. The third-order valence-electron chi connectivity index (χ3n) is 2.59. The van der Waals surface area contributed by atoms with Gasteiger partial charge in [-0.2, -0.15) is 8.42 Å². The Balaban J connectivity index is 2.28. The highest BCUT2D eigenvalue weighted by Gasteiger charge is 2.20. The fourth-order valence-electron chi connectivity index (χ4n) is 1.95. The van der Waals surface area contributed by atoms with Crippen LogP contribution in [0.1, 0.15) is 46.0 Å². The Morgan fingerprint density at radius 2 is 1.86 bits per heavy atom. The molecule has 0 atom stereocenters. The summed E-state index contributed by atoms with van der Waals surface area (Å²) in [4.78, 5) is 0. The zero-order valence-electron chi connectivity index (χ0n) is 9.03. The van der Waals surface area contributed by atoms with Crippen molar-refractivity contribution in [2.75, 3.05) is 5.75 Å². The first-order valence-electron chi connectivity index (χ1n) is 5.40. The van der Waals surface area contributed by atoms with Gasteiger partial charge in [-0.1, -0.05) is 25.7 Å². The lowest BCUT2D eigenvalue weighted by atomic mass is 10.1. The van der Waals surface area contributed by atoms with E-state index in [1.54, 1.807) is 13.8 Å². The molecule has 0 aromatic carbocycles. The van der Waals surface area contributed by atoms with Crippen LogP contribution in [0.2, 0.25) is 0 Å². The summed E-state index contributed by atoms with van der Waals surface area (Å²) in [5, 5.41) is 0. The normalized spacial score (nSPS) is 19.4. The molecule has 0 spiro atoms. The second kappa shape index (κ2) is 5.12. The van der Waals surface area contributed by atoms with Crippen LogP contribution in [0.4, 0.5) is 0 Å². The van der Waals surface area contributed by atoms with Crippen LogP contribution in [-0.2, 0) is 14.3 Å². The van der Waals surface area contributed by atoms with Gasteiger partial charge in [0.1, 0.15) is 0 Å². The van der Waals surface area contributed by atoms with Crippen LogP contribution in [0, 0.1) is 5.92 Å². The van der Waals surface area contributed by atoms with Crippen LogP contribution < -0.4 is 0 Å². The second-order valence-electron chi connectivity index (χ2n) is 4.35. The van der Waals surface area contributed by atoms with E-state index in [2.05, 4.69) is 0 Å². The minimum atomic E-state index is -3.27. The summed E-state index contributed by atoms with van der Waals surface area (Å²) in [7, 11) is -3.27. The first-order valence-corrected chi connectivity index (χ1v) is 6.98. The summed E-state index contributed by atoms with van der Waals surface area (Å²) in [5.41, 5.74) is 0. The topological polar surface area (TPSA) is 43.4 Å². The maximum absolute atomic E-state index is 11.4. The molecule has 14 heavy (non-hydrogen) atoms. The van der Waals surface area contributed by atoms with Crippen LogP contribution in [0.3, 0.4) is 0 Å². The van der Waals surface area contributed by atoms with Crippen molar-refractivity contribution in [3.63, 3.8) is 0 Å². The van der Waals surface area contributed by atoms with Crippen molar-refractivity contribution in [1.29, 1.82) is 0 Å². The van der Waals surface area contributed by atoms with Crippen molar-refractivity contribution in [3.8, 4) is 0 Å². The average Bonchev–Trinajstić information content (AvgIpc) is 2.50. The van der Waals surface area contributed by atoms with Gasteiger partial charge in [-0.25, -0.2) is 0 Å². The molecule has 4 heteroatoms. The Morgan fingerprint density at radius 3 is 2.36 bits per heavy atom. The van der Waals surface area contributed by atoms with Crippen molar-refractivity contribution in [2.24, 2.45) is 5.92 Å². The molecule has 84 valence electrons. The SMILES string of the molecule is CC(C)OS(=O)(=O)CCC1CCCC1. The van der Waals surface area contributed by atoms with Crippen molar-refractivity contribution in [3.05, 3.63) is 0 Å². The fourth-order valence-corrected chi connectivity index (χ4v) is 3.26. The summed E-state index contributed by atoms with van der Waals surface area (Å²) in [6.07, 6.45) is 5.44. The van der Waals surface area contributed by atoms with Crippen LogP contribution >= 0.6 is 0 Å². The summed E-state index contributed by atoms with van der Waals surface area (Å²) in [6, 6.07) is 0. The molecule has 0 aliphatic heterocycles. The molecule has 1 aliphatic rings. The molecule has 1 saturated carbocycles. The molecule has 1 fully saturated rings. The number of hydrogen-bond donors (Lipinski definition) is 0. The van der Waals surface area contributed by atoms with Gasteiger partial charge >= 0.3 is 0 Å². The van der Waals surface area contributed by atoms with Crippen LogP contribution in [0.25, 0.3) is 0 Å². The van der Waals surface area contributed by atoms with E-state index in [0.717, 1.165) is 6.42 Å². The monoisotopic (exact) mass is 220 g/mol. The molecule has 0 aromatic rings. The van der Waals surface area contributed by atoms with E-state index in [1.165, 1.54) is 25.7 Å². The maximum atomic E-state index is 11.4. The Bertz CT molecular complexity index is 251. The Labute approximate surface area is 87.0 Å². The van der Waals surface area contributed by atoms with Crippen LogP contribution in [0.15, 0.2) is 0 Å². The average molecular weight is 220 g/mol. The summed E-state index contributed by atoms with van der Waals surface area (Å²) in [5.74, 6) is 0.802. The summed E-state index contributed by atoms with van der Waals surface area (Å²) < 4.78 is 27.6. The highest BCUT2D eigenvalue weighted by molar-refractivity contribution is 7.86. The van der Waals surface area contributed by atoms with E-state index in [9.17, 15) is 8.42 Å². The predicted molar refractivity (Wildman–Crippen MR) is 56.6 cm³/mol. The van der Waals surface area contributed by atoms with Crippen LogP contribution in [0.5, 0.6) is 0 Å². The predicted octanol–water partition coefficient (Wildman–Crippen LogP) is 2.32. The molecule has 0 unspecified atom stereocenters. The van der Waals surface area contributed by atoms with Crippen molar-refractivity contribution < 1.29 is 12.6 Å². The molecular weight excluding hydrogens is 200 g/mol. The lowest BCUT2D eigenvalue weighted by Crippen LogP contribution is -2.17. The quantitative estimate of drug-likeness (QED) is 0.668. The first-order chi connectivity index (χ1) is 6.49. The summed E-state index contributed by atoms with van der Waals surface area (Å²) >= 11 is 0. The molecule has 0 amide bonds. The van der Waals surface area contributed by atoms with Gasteiger partial charge in [0.2, 0.25) is 0 Å². The van der Waals surface area contributed by atoms with Gasteiger partial charge in [0.05, 0.1) is 11.9 Å². The van der Waals surface area contributed by atoms with Gasteiger partial charge in [-0.15, -0.1) is 0 Å². The molecular formula is C10H20O3S. The molecule has 0 heterocycles. The highest BCUT2D eigenvalue weighted by atomic mass is 32.2. The van der Waals surface area contributed by atoms with E-state index >= 15 is 0 Å². The minimum Gasteiger partial charge on any atom is -0.267 e. The second-order valence-corrected chi connectivity index (χ2v) is 6.06. The third-order valence-corrected chi connectivity index (χ3v) is 4.00. The van der Waals surface area contributed by atoms with Gasteiger partial charge in [0.25, 0.3) is 10.1 Å². The van der Waals surface area contributed by atoms with Crippen molar-refractivity contribution in [2.45, 2.75) is 52.1 Å². The fraction of sp³-hybridized carbons (Fsp3) is 1.00. The molecule has 1 aliphatic carbocycles. The zero-order valence-corrected chi connectivity index (χ0v) is 9.85. The molecule has 0 N–H and O–H groups in total. The molecule has 0 radical (unpaired) electrons. The Hall–Kier alpha value is -0.0900. The Kier molecular flexibility index (Phi) is 4.38. The van der Waals surface area contributed by atoms with E-state index in [-0.39, 0.29) is 11.9 Å². The van der Waals surface area contributed by atoms with Crippen molar-refractivity contribution >= 4 is 10.1 Å². The largest absolute Gasteiger partial charge is 0.267 e. The minimum absolute atomic E-state index is 0.190. The zero-order chi connectivity index (χ0) is 10.6. The van der Waals surface area contributed by atoms with Gasteiger partial charge in [-0.05, 0) is 26.2 Å². The molecule has 0 saturated heterocycles. The number of rotatable bonds is 5. The van der Waals surface area contributed by atoms with Gasteiger partial charge in [-0.3, -0.25) is 4.18 Å². The van der Waals surface area contributed by atoms with Gasteiger partial charge < -0.3 is 0 Å². The molecule has 0 aromatic heterocycles. The van der Waals surface area contributed by atoms with Gasteiger partial charge in [0, 0.05) is 0 Å². The van der Waals surface area contributed by atoms with Gasteiger partial charge in [0.15, 0.2) is 0 Å². The highest BCUT2D eigenvalue weighted by Crippen LogP contribution is 2.27.